The molecule has 8 nitrogen and oxygen atoms in total. The van der Waals surface area contributed by atoms with Crippen LogP contribution in [0, 0.1) is 0 Å². The third-order valence-corrected chi connectivity index (χ3v) is 7.84. The van der Waals surface area contributed by atoms with Gasteiger partial charge < -0.3 is 10.1 Å². The van der Waals surface area contributed by atoms with Crippen molar-refractivity contribution in [2.45, 2.75) is 4.90 Å². The molecule has 0 unspecified atom stereocenters. The van der Waals surface area contributed by atoms with Crippen LogP contribution in [0.15, 0.2) is 71.6 Å². The van der Waals surface area contributed by atoms with Crippen molar-refractivity contribution in [1.82, 2.24) is 4.31 Å². The number of rotatable bonds is 4. The predicted octanol–water partition coefficient (Wildman–Crippen LogP) is 2.74. The van der Waals surface area contributed by atoms with Crippen LogP contribution in [-0.4, -0.2) is 56.5 Å². The molecule has 3 aromatic rings. The zero-order valence-corrected chi connectivity index (χ0v) is 18.8. The van der Waals surface area contributed by atoms with Crippen molar-refractivity contribution >= 4 is 33.2 Å². The number of nitrogens with zero attached hydrogens (tertiary/aromatic N) is 1. The average Bonchev–Trinajstić information content (AvgIpc) is 2.88. The third-order valence-electron chi connectivity index (χ3n) is 5.92. The highest BCUT2D eigenvalue weighted by atomic mass is 32.2. The Morgan fingerprint density at radius 3 is 2.09 bits per heavy atom. The zero-order valence-electron chi connectivity index (χ0n) is 18.0. The fourth-order valence-corrected chi connectivity index (χ4v) is 5.57. The smallest absolute Gasteiger partial charge is 0.255 e. The highest BCUT2D eigenvalue weighted by molar-refractivity contribution is 7.89. The van der Waals surface area contributed by atoms with Gasteiger partial charge in [-0.3, -0.25) is 14.4 Å². The van der Waals surface area contributed by atoms with E-state index in [9.17, 15) is 22.8 Å². The Hall–Kier alpha value is -3.66. The molecule has 1 amide bonds. The number of ketones is 2. The molecule has 9 heteroatoms. The van der Waals surface area contributed by atoms with E-state index in [2.05, 4.69) is 5.32 Å². The lowest BCUT2D eigenvalue weighted by atomic mass is 9.83. The molecule has 0 radical (unpaired) electrons. The van der Waals surface area contributed by atoms with Gasteiger partial charge in [-0.1, -0.05) is 36.4 Å². The predicted molar refractivity (Wildman–Crippen MR) is 124 cm³/mol. The van der Waals surface area contributed by atoms with E-state index in [1.165, 1.54) is 28.6 Å². The van der Waals surface area contributed by atoms with E-state index in [1.54, 1.807) is 42.5 Å². The first-order valence-corrected chi connectivity index (χ1v) is 12.1. The molecule has 0 saturated carbocycles. The molecule has 3 aromatic carbocycles. The second-order valence-electron chi connectivity index (χ2n) is 7.93. The van der Waals surface area contributed by atoms with E-state index in [0.717, 1.165) is 0 Å². The van der Waals surface area contributed by atoms with Crippen molar-refractivity contribution in [2.75, 3.05) is 31.6 Å². The average molecular weight is 477 g/mol. The van der Waals surface area contributed by atoms with Gasteiger partial charge in [0.2, 0.25) is 10.0 Å². The minimum atomic E-state index is -3.68. The molecule has 1 N–H and O–H groups in total. The molecule has 5 rings (SSSR count). The van der Waals surface area contributed by atoms with E-state index < -0.39 is 15.9 Å². The van der Waals surface area contributed by atoms with Crippen LogP contribution >= 0.6 is 0 Å². The van der Waals surface area contributed by atoms with Gasteiger partial charge in [-0.15, -0.1) is 0 Å². The van der Waals surface area contributed by atoms with Crippen LogP contribution in [0.4, 0.5) is 5.69 Å². The minimum Gasteiger partial charge on any atom is -0.379 e. The van der Waals surface area contributed by atoms with Gasteiger partial charge in [0, 0.05) is 35.3 Å². The van der Waals surface area contributed by atoms with Crippen LogP contribution in [0.1, 0.15) is 42.2 Å². The van der Waals surface area contributed by atoms with Crippen LogP contribution in [0.25, 0.3) is 0 Å². The Labute approximate surface area is 196 Å². The number of ether oxygens (including phenoxy) is 1. The van der Waals surface area contributed by atoms with Gasteiger partial charge in [-0.2, -0.15) is 4.31 Å². The van der Waals surface area contributed by atoms with Gasteiger partial charge in [0.1, 0.15) is 0 Å². The van der Waals surface area contributed by atoms with Gasteiger partial charge in [-0.05, 0) is 30.3 Å². The number of hydrogen-bond acceptors (Lipinski definition) is 6. The first kappa shape index (κ1) is 22.1. The number of fused-ring (bicyclic) bond motifs is 2. The Balaban J connectivity index is 1.41. The summed E-state index contributed by atoms with van der Waals surface area (Å²) >= 11 is 0. The molecule has 1 heterocycles. The summed E-state index contributed by atoms with van der Waals surface area (Å²) in [7, 11) is -3.68. The number of anilines is 1. The zero-order chi connectivity index (χ0) is 23.9. The monoisotopic (exact) mass is 476 g/mol. The lowest BCUT2D eigenvalue weighted by Gasteiger charge is -2.26. The molecule has 0 atom stereocenters. The fraction of sp³-hybridized carbons (Fsp3) is 0.160. The second-order valence-corrected chi connectivity index (χ2v) is 9.86. The first-order valence-electron chi connectivity index (χ1n) is 10.7. The Morgan fingerprint density at radius 2 is 1.41 bits per heavy atom. The molecular formula is C25H20N2O6S. The van der Waals surface area contributed by atoms with Crippen molar-refractivity contribution in [3.8, 4) is 0 Å². The maximum Gasteiger partial charge on any atom is 0.255 e. The number of amides is 1. The SMILES string of the molecule is O=C(Nc1cccc2c1C(=O)c1ccccc1C2=O)c1ccc(S(=O)(=O)N2CCOCC2)cc1. The molecule has 172 valence electrons. The maximum absolute atomic E-state index is 13.1. The molecule has 1 saturated heterocycles. The van der Waals surface area contributed by atoms with Crippen LogP contribution in [0.5, 0.6) is 0 Å². The van der Waals surface area contributed by atoms with Crippen LogP contribution in [-0.2, 0) is 14.8 Å². The number of morpholine rings is 1. The van der Waals surface area contributed by atoms with Crippen molar-refractivity contribution in [1.29, 1.82) is 0 Å². The highest BCUT2D eigenvalue weighted by Crippen LogP contribution is 2.32. The number of sulfonamides is 1. The maximum atomic E-state index is 13.1. The number of benzene rings is 3. The summed E-state index contributed by atoms with van der Waals surface area (Å²) in [4.78, 5) is 39.0. The number of carbonyl (C=O) groups excluding carboxylic acids is 3. The van der Waals surface area contributed by atoms with Gasteiger partial charge in [-0.25, -0.2) is 8.42 Å². The van der Waals surface area contributed by atoms with E-state index in [0.29, 0.717) is 24.3 Å². The second kappa shape index (κ2) is 8.60. The van der Waals surface area contributed by atoms with E-state index in [4.69, 9.17) is 4.74 Å². The Morgan fingerprint density at radius 1 is 0.794 bits per heavy atom. The third kappa shape index (κ3) is 3.73. The largest absolute Gasteiger partial charge is 0.379 e. The molecule has 0 bridgehead atoms. The van der Waals surface area contributed by atoms with E-state index >= 15 is 0 Å². The number of carbonyl (C=O) groups is 3. The summed E-state index contributed by atoms with van der Waals surface area (Å²) < 4.78 is 32.1. The summed E-state index contributed by atoms with van der Waals surface area (Å²) in [6, 6.07) is 16.9. The van der Waals surface area contributed by atoms with Crippen molar-refractivity contribution in [2.24, 2.45) is 0 Å². The molecule has 34 heavy (non-hydrogen) atoms. The number of nitrogens with one attached hydrogen (secondary N) is 1. The lowest BCUT2D eigenvalue weighted by molar-refractivity contribution is 0.0730. The molecule has 2 aliphatic rings. The topological polar surface area (TPSA) is 110 Å². The summed E-state index contributed by atoms with van der Waals surface area (Å²) in [5, 5.41) is 2.70. The van der Waals surface area contributed by atoms with Crippen LogP contribution in [0.2, 0.25) is 0 Å². The first-order chi connectivity index (χ1) is 16.4. The molecule has 1 aliphatic heterocycles. The molecule has 0 aromatic heterocycles. The summed E-state index contributed by atoms with van der Waals surface area (Å²) in [6.45, 7) is 1.23. The molecular weight excluding hydrogens is 456 g/mol. The fourth-order valence-electron chi connectivity index (χ4n) is 4.16. The van der Waals surface area contributed by atoms with Gasteiger partial charge in [0.15, 0.2) is 11.6 Å². The van der Waals surface area contributed by atoms with Crippen molar-refractivity contribution in [3.05, 3.63) is 94.5 Å². The normalized spacial score (nSPS) is 16.0. The summed E-state index contributed by atoms with van der Waals surface area (Å²) in [5.41, 5.74) is 1.44. The molecule has 0 spiro atoms. The Kier molecular flexibility index (Phi) is 5.60. The van der Waals surface area contributed by atoms with Crippen LogP contribution in [0.3, 0.4) is 0 Å². The van der Waals surface area contributed by atoms with E-state index in [-0.39, 0.29) is 51.9 Å². The summed E-state index contributed by atoms with van der Waals surface area (Å²) in [6.07, 6.45) is 0. The number of hydrogen-bond donors (Lipinski definition) is 1. The minimum absolute atomic E-state index is 0.0837. The molecule has 1 aliphatic carbocycles. The van der Waals surface area contributed by atoms with E-state index in [1.807, 2.05) is 0 Å². The highest BCUT2D eigenvalue weighted by Gasteiger charge is 2.32. The summed E-state index contributed by atoms with van der Waals surface area (Å²) in [5.74, 6) is -1.14. The quantitative estimate of drug-likeness (QED) is 0.485. The van der Waals surface area contributed by atoms with Gasteiger partial charge in [0.25, 0.3) is 5.91 Å². The van der Waals surface area contributed by atoms with Crippen LogP contribution < -0.4 is 5.32 Å². The standard InChI is InChI=1S/C25H20N2O6S/c28-23-18-4-1-2-5-19(18)24(29)22-20(23)6-3-7-21(22)26-25(30)16-8-10-17(11-9-16)34(31,32)27-12-14-33-15-13-27/h1-11H,12-15H2,(H,26,30). The Bertz CT molecular complexity index is 1420. The molecule has 1 fully saturated rings. The van der Waals surface area contributed by atoms with Gasteiger partial charge >= 0.3 is 0 Å². The lowest BCUT2D eigenvalue weighted by Crippen LogP contribution is -2.40. The van der Waals surface area contributed by atoms with Gasteiger partial charge in [0.05, 0.1) is 29.4 Å². The van der Waals surface area contributed by atoms with Crippen molar-refractivity contribution < 1.29 is 27.5 Å². The van der Waals surface area contributed by atoms with Crippen molar-refractivity contribution in [3.63, 3.8) is 0 Å².